The van der Waals surface area contributed by atoms with Crippen molar-refractivity contribution in [1.29, 1.82) is 0 Å². The number of hydrogen-bond donors (Lipinski definition) is 1. The molecule has 0 radical (unpaired) electrons. The van der Waals surface area contributed by atoms with Crippen LogP contribution >= 0.6 is 22.6 Å². The molecule has 1 aliphatic heterocycles. The van der Waals surface area contributed by atoms with Gasteiger partial charge < -0.3 is 9.84 Å². The van der Waals surface area contributed by atoms with E-state index in [1.54, 1.807) is 6.07 Å². The van der Waals surface area contributed by atoms with Crippen LogP contribution in [0.5, 0.6) is 5.75 Å². The maximum absolute atomic E-state index is 10.9. The first-order valence-corrected chi connectivity index (χ1v) is 5.12. The fraction of sp³-hybridized carbons (Fsp3) is 0.100. The predicted molar refractivity (Wildman–Crippen MR) is 60.6 cm³/mol. The summed E-state index contributed by atoms with van der Waals surface area (Å²) in [5, 5.41) is 8.96. The Morgan fingerprint density at radius 2 is 2.29 bits per heavy atom. The summed E-state index contributed by atoms with van der Waals surface area (Å²) < 4.78 is 6.20. The van der Waals surface area contributed by atoms with Crippen molar-refractivity contribution in [3.8, 4) is 5.75 Å². The summed E-state index contributed by atoms with van der Waals surface area (Å²) in [4.78, 5) is 10.9. The zero-order chi connectivity index (χ0) is 10.1. The second-order valence-electron chi connectivity index (χ2n) is 2.89. The molecule has 14 heavy (non-hydrogen) atoms. The maximum atomic E-state index is 10.9. The average Bonchev–Trinajstić information content (AvgIpc) is 2.16. The molecule has 0 spiro atoms. The van der Waals surface area contributed by atoms with Crippen LogP contribution in [0.2, 0.25) is 0 Å². The summed E-state index contributed by atoms with van der Waals surface area (Å²) in [5.74, 6) is -0.476. The van der Waals surface area contributed by atoms with Crippen molar-refractivity contribution < 1.29 is 14.6 Å². The van der Waals surface area contributed by atoms with E-state index >= 15 is 0 Å². The minimum atomic E-state index is -0.949. The Hall–Kier alpha value is -1.04. The van der Waals surface area contributed by atoms with Crippen molar-refractivity contribution in [3.63, 3.8) is 0 Å². The molecule has 72 valence electrons. The summed E-state index contributed by atoms with van der Waals surface area (Å²) in [6.45, 7) is 0.438. The third kappa shape index (κ3) is 1.61. The summed E-state index contributed by atoms with van der Waals surface area (Å²) in [6, 6.07) is 3.51. The second kappa shape index (κ2) is 3.61. The fourth-order valence-electron chi connectivity index (χ4n) is 1.36. The van der Waals surface area contributed by atoms with Crippen molar-refractivity contribution in [2.24, 2.45) is 0 Å². The Kier molecular flexibility index (Phi) is 2.45. The minimum Gasteiger partial charge on any atom is -0.488 e. The molecule has 1 aliphatic rings. The molecule has 2 rings (SSSR count). The van der Waals surface area contributed by atoms with E-state index in [-0.39, 0.29) is 5.56 Å². The standard InChI is InChI=1S/C10H7IO3/c11-7-4-6-2-1-3-14-9(6)8(5-7)10(12)13/h1-2,4-5H,3H2,(H,12,13). The van der Waals surface area contributed by atoms with Gasteiger partial charge in [-0.2, -0.15) is 0 Å². The first-order valence-electron chi connectivity index (χ1n) is 4.04. The molecule has 1 heterocycles. The zero-order valence-corrected chi connectivity index (χ0v) is 9.32. The number of aromatic carboxylic acids is 1. The SMILES string of the molecule is O=C(O)c1cc(I)cc2c1OCC=C2. The van der Waals surface area contributed by atoms with Gasteiger partial charge in [0.25, 0.3) is 0 Å². The number of benzene rings is 1. The van der Waals surface area contributed by atoms with Crippen LogP contribution in [0.25, 0.3) is 6.08 Å². The minimum absolute atomic E-state index is 0.233. The number of hydrogen-bond acceptors (Lipinski definition) is 2. The van der Waals surface area contributed by atoms with Crippen LogP contribution in [0, 0.1) is 3.57 Å². The van der Waals surface area contributed by atoms with E-state index in [0.29, 0.717) is 12.4 Å². The van der Waals surface area contributed by atoms with Gasteiger partial charge in [0.05, 0.1) is 0 Å². The Balaban J connectivity index is 2.65. The van der Waals surface area contributed by atoms with Crippen molar-refractivity contribution in [2.75, 3.05) is 6.61 Å². The molecule has 0 amide bonds. The first-order chi connectivity index (χ1) is 6.68. The first kappa shape index (κ1) is 9.51. The molecule has 0 aliphatic carbocycles. The molecule has 0 saturated carbocycles. The highest BCUT2D eigenvalue weighted by Gasteiger charge is 2.17. The Labute approximate surface area is 94.5 Å². The molecule has 3 nitrogen and oxygen atoms in total. The third-order valence-corrected chi connectivity index (χ3v) is 2.56. The predicted octanol–water partition coefficient (Wildman–Crippen LogP) is 2.40. The van der Waals surface area contributed by atoms with Gasteiger partial charge in [-0.1, -0.05) is 6.08 Å². The van der Waals surface area contributed by atoms with Gasteiger partial charge in [0, 0.05) is 9.13 Å². The van der Waals surface area contributed by atoms with Crippen LogP contribution in [-0.2, 0) is 0 Å². The lowest BCUT2D eigenvalue weighted by molar-refractivity contribution is 0.0692. The third-order valence-electron chi connectivity index (χ3n) is 1.93. The Morgan fingerprint density at radius 3 is 3.00 bits per heavy atom. The van der Waals surface area contributed by atoms with Crippen LogP contribution in [0.15, 0.2) is 18.2 Å². The van der Waals surface area contributed by atoms with E-state index in [2.05, 4.69) is 22.6 Å². The van der Waals surface area contributed by atoms with E-state index in [0.717, 1.165) is 9.13 Å². The van der Waals surface area contributed by atoms with E-state index in [1.165, 1.54) is 0 Å². The fourth-order valence-corrected chi connectivity index (χ4v) is 2.01. The van der Waals surface area contributed by atoms with Crippen LogP contribution in [-0.4, -0.2) is 17.7 Å². The monoisotopic (exact) mass is 302 g/mol. The van der Waals surface area contributed by atoms with Gasteiger partial charge in [-0.05, 0) is 40.8 Å². The Morgan fingerprint density at radius 1 is 1.50 bits per heavy atom. The molecule has 4 heteroatoms. The molecule has 1 N–H and O–H groups in total. The molecule has 0 aromatic heterocycles. The van der Waals surface area contributed by atoms with E-state index in [9.17, 15) is 4.79 Å². The normalized spacial score (nSPS) is 13.2. The second-order valence-corrected chi connectivity index (χ2v) is 4.14. The topological polar surface area (TPSA) is 46.5 Å². The van der Waals surface area contributed by atoms with Gasteiger partial charge in [-0.25, -0.2) is 4.79 Å². The van der Waals surface area contributed by atoms with Gasteiger partial charge in [0.15, 0.2) is 0 Å². The molecule has 0 bridgehead atoms. The number of fused-ring (bicyclic) bond motifs is 1. The molecular formula is C10H7IO3. The molecule has 0 saturated heterocycles. The quantitative estimate of drug-likeness (QED) is 0.810. The van der Waals surface area contributed by atoms with E-state index in [1.807, 2.05) is 18.2 Å². The Bertz CT molecular complexity index is 424. The molecule has 1 aromatic carbocycles. The lowest BCUT2D eigenvalue weighted by Crippen LogP contribution is -2.08. The molecule has 0 atom stereocenters. The molecular weight excluding hydrogens is 295 g/mol. The lowest BCUT2D eigenvalue weighted by Gasteiger charge is -2.14. The largest absolute Gasteiger partial charge is 0.488 e. The van der Waals surface area contributed by atoms with Gasteiger partial charge in [0.1, 0.15) is 17.9 Å². The van der Waals surface area contributed by atoms with Crippen molar-refractivity contribution in [2.45, 2.75) is 0 Å². The summed E-state index contributed by atoms with van der Waals surface area (Å²) in [7, 11) is 0. The summed E-state index contributed by atoms with van der Waals surface area (Å²) >= 11 is 2.09. The number of carboxylic acids is 1. The number of carboxylic acid groups (broad SMARTS) is 1. The van der Waals surface area contributed by atoms with Crippen molar-refractivity contribution >= 4 is 34.6 Å². The lowest BCUT2D eigenvalue weighted by atomic mass is 10.1. The number of halogens is 1. The summed E-state index contributed by atoms with van der Waals surface area (Å²) in [5.41, 5.74) is 1.07. The van der Waals surface area contributed by atoms with Gasteiger partial charge in [-0.15, -0.1) is 0 Å². The number of ether oxygens (including phenoxy) is 1. The van der Waals surface area contributed by atoms with Crippen LogP contribution < -0.4 is 4.74 Å². The highest BCUT2D eigenvalue weighted by atomic mass is 127. The summed E-state index contributed by atoms with van der Waals surface area (Å²) in [6.07, 6.45) is 3.75. The maximum Gasteiger partial charge on any atom is 0.339 e. The zero-order valence-electron chi connectivity index (χ0n) is 7.16. The van der Waals surface area contributed by atoms with Crippen LogP contribution in [0.3, 0.4) is 0 Å². The number of carbonyl (C=O) groups is 1. The molecule has 0 fully saturated rings. The molecule has 0 unspecified atom stereocenters. The highest BCUT2D eigenvalue weighted by molar-refractivity contribution is 14.1. The van der Waals surface area contributed by atoms with E-state index in [4.69, 9.17) is 9.84 Å². The van der Waals surface area contributed by atoms with Crippen LogP contribution in [0.4, 0.5) is 0 Å². The van der Waals surface area contributed by atoms with Crippen molar-refractivity contribution in [3.05, 3.63) is 32.9 Å². The van der Waals surface area contributed by atoms with Gasteiger partial charge >= 0.3 is 5.97 Å². The average molecular weight is 302 g/mol. The van der Waals surface area contributed by atoms with Crippen LogP contribution in [0.1, 0.15) is 15.9 Å². The smallest absolute Gasteiger partial charge is 0.339 e. The van der Waals surface area contributed by atoms with E-state index < -0.39 is 5.97 Å². The van der Waals surface area contributed by atoms with Crippen molar-refractivity contribution in [1.82, 2.24) is 0 Å². The number of rotatable bonds is 1. The van der Waals surface area contributed by atoms with Gasteiger partial charge in [-0.3, -0.25) is 0 Å². The highest BCUT2D eigenvalue weighted by Crippen LogP contribution is 2.30. The molecule has 1 aromatic rings. The van der Waals surface area contributed by atoms with Gasteiger partial charge in [0.2, 0.25) is 0 Å².